The highest BCUT2D eigenvalue weighted by molar-refractivity contribution is 7.92. The molecule has 0 saturated heterocycles. The number of anilines is 1. The normalized spacial score (nSPS) is 13.3. The molecule has 0 radical (unpaired) electrons. The van der Waals surface area contributed by atoms with E-state index >= 15 is 0 Å². The fraction of sp³-hybridized carbons (Fsp3) is 0.250. The quantitative estimate of drug-likeness (QED) is 0.703. The van der Waals surface area contributed by atoms with Gasteiger partial charge in [0.25, 0.3) is 10.0 Å². The SMILES string of the molecule is COCC(C)NS(=O)(=O)c1ccc(NS(=O)(=O)c2ccc(F)cc2)cc1. The van der Waals surface area contributed by atoms with Gasteiger partial charge in [-0.05, 0) is 55.5 Å². The van der Waals surface area contributed by atoms with Gasteiger partial charge in [0.15, 0.2) is 0 Å². The van der Waals surface area contributed by atoms with Crippen molar-refractivity contribution in [1.29, 1.82) is 0 Å². The molecule has 1 unspecified atom stereocenters. The Bertz CT molecular complexity index is 943. The first-order chi connectivity index (χ1) is 12.1. The first-order valence-electron chi connectivity index (χ1n) is 7.54. The first kappa shape index (κ1) is 20.3. The van der Waals surface area contributed by atoms with Gasteiger partial charge in [0.1, 0.15) is 5.82 Å². The Hall–Kier alpha value is -2.01. The van der Waals surface area contributed by atoms with E-state index in [2.05, 4.69) is 9.44 Å². The van der Waals surface area contributed by atoms with Crippen LogP contribution in [0.4, 0.5) is 10.1 Å². The molecular formula is C16H19FN2O5S2. The number of methoxy groups -OCH3 is 1. The largest absolute Gasteiger partial charge is 0.383 e. The van der Waals surface area contributed by atoms with Gasteiger partial charge >= 0.3 is 0 Å². The third-order valence-corrected chi connectivity index (χ3v) is 6.32. The Balaban J connectivity index is 2.15. The van der Waals surface area contributed by atoms with E-state index in [1.165, 1.54) is 31.4 Å². The van der Waals surface area contributed by atoms with Crippen molar-refractivity contribution in [2.24, 2.45) is 0 Å². The second-order valence-electron chi connectivity index (χ2n) is 5.56. The Labute approximate surface area is 152 Å². The smallest absolute Gasteiger partial charge is 0.261 e. The monoisotopic (exact) mass is 402 g/mol. The maximum atomic E-state index is 12.9. The van der Waals surface area contributed by atoms with Crippen LogP contribution in [-0.4, -0.2) is 36.6 Å². The molecule has 0 fully saturated rings. The topological polar surface area (TPSA) is 102 Å². The number of halogens is 1. The minimum Gasteiger partial charge on any atom is -0.383 e. The van der Waals surface area contributed by atoms with Crippen molar-refractivity contribution in [2.45, 2.75) is 22.8 Å². The van der Waals surface area contributed by atoms with E-state index in [-0.39, 0.29) is 22.1 Å². The van der Waals surface area contributed by atoms with Gasteiger partial charge in [-0.3, -0.25) is 4.72 Å². The Morgan fingerprint density at radius 3 is 1.96 bits per heavy atom. The van der Waals surface area contributed by atoms with Crippen molar-refractivity contribution in [3.8, 4) is 0 Å². The molecule has 1 atom stereocenters. The van der Waals surface area contributed by atoms with Crippen LogP contribution in [0.2, 0.25) is 0 Å². The zero-order chi connectivity index (χ0) is 19.4. The van der Waals surface area contributed by atoms with Gasteiger partial charge in [0, 0.05) is 18.8 Å². The molecule has 2 N–H and O–H groups in total. The average Bonchev–Trinajstić information content (AvgIpc) is 2.55. The fourth-order valence-electron chi connectivity index (χ4n) is 2.15. The van der Waals surface area contributed by atoms with Crippen molar-refractivity contribution in [2.75, 3.05) is 18.4 Å². The van der Waals surface area contributed by atoms with Gasteiger partial charge in [-0.15, -0.1) is 0 Å². The van der Waals surface area contributed by atoms with Gasteiger partial charge in [-0.25, -0.2) is 25.9 Å². The molecule has 26 heavy (non-hydrogen) atoms. The van der Waals surface area contributed by atoms with Gasteiger partial charge in [-0.2, -0.15) is 0 Å². The van der Waals surface area contributed by atoms with Crippen molar-refractivity contribution in [1.82, 2.24) is 4.72 Å². The van der Waals surface area contributed by atoms with Crippen LogP contribution in [0.3, 0.4) is 0 Å². The van der Waals surface area contributed by atoms with Crippen LogP contribution in [0.5, 0.6) is 0 Å². The highest BCUT2D eigenvalue weighted by Crippen LogP contribution is 2.19. The summed E-state index contributed by atoms with van der Waals surface area (Å²) in [6, 6.07) is 9.16. The van der Waals surface area contributed by atoms with Crippen LogP contribution >= 0.6 is 0 Å². The van der Waals surface area contributed by atoms with E-state index in [1.807, 2.05) is 0 Å². The summed E-state index contributed by atoms with van der Waals surface area (Å²) in [6.07, 6.45) is 0. The molecule has 0 amide bonds. The number of nitrogens with one attached hydrogen (secondary N) is 2. The third-order valence-electron chi connectivity index (χ3n) is 3.31. The fourth-order valence-corrected chi connectivity index (χ4v) is 4.43. The maximum absolute atomic E-state index is 12.9. The van der Waals surface area contributed by atoms with E-state index in [9.17, 15) is 21.2 Å². The standard InChI is InChI=1S/C16H19FN2O5S2/c1-12(11-24-2)18-25(20,21)16-9-5-14(6-10-16)19-26(22,23)15-7-3-13(17)4-8-15/h3-10,12,18-19H,11H2,1-2H3. The summed E-state index contributed by atoms with van der Waals surface area (Å²) in [6.45, 7) is 1.88. The molecule has 7 nitrogen and oxygen atoms in total. The van der Waals surface area contributed by atoms with E-state index < -0.39 is 31.9 Å². The van der Waals surface area contributed by atoms with Crippen LogP contribution in [0.25, 0.3) is 0 Å². The molecule has 2 aromatic carbocycles. The summed E-state index contributed by atoms with van der Waals surface area (Å²) in [4.78, 5) is -0.115. The molecule has 0 heterocycles. The Morgan fingerprint density at radius 2 is 1.42 bits per heavy atom. The van der Waals surface area contributed by atoms with Crippen LogP contribution in [0, 0.1) is 5.82 Å². The van der Waals surface area contributed by atoms with Crippen LogP contribution in [0.1, 0.15) is 6.92 Å². The lowest BCUT2D eigenvalue weighted by Crippen LogP contribution is -2.35. The number of rotatable bonds is 8. The summed E-state index contributed by atoms with van der Waals surface area (Å²) in [5, 5.41) is 0. The molecule has 0 spiro atoms. The van der Waals surface area contributed by atoms with Crippen LogP contribution in [-0.2, 0) is 24.8 Å². The van der Waals surface area contributed by atoms with Gasteiger partial charge < -0.3 is 4.74 Å². The highest BCUT2D eigenvalue weighted by Gasteiger charge is 2.18. The van der Waals surface area contributed by atoms with Crippen LogP contribution < -0.4 is 9.44 Å². The summed E-state index contributed by atoms with van der Waals surface area (Å²) in [5.74, 6) is -0.547. The summed E-state index contributed by atoms with van der Waals surface area (Å²) in [7, 11) is -6.19. The molecule has 0 saturated carbocycles. The molecular weight excluding hydrogens is 383 g/mol. The summed E-state index contributed by atoms with van der Waals surface area (Å²) >= 11 is 0. The van der Waals surface area contributed by atoms with E-state index in [4.69, 9.17) is 4.74 Å². The van der Waals surface area contributed by atoms with Crippen molar-refractivity contribution in [3.63, 3.8) is 0 Å². The van der Waals surface area contributed by atoms with Crippen molar-refractivity contribution < 1.29 is 26.0 Å². The Kier molecular flexibility index (Phi) is 6.34. The molecule has 10 heteroatoms. The van der Waals surface area contributed by atoms with Crippen molar-refractivity contribution >= 4 is 25.7 Å². The van der Waals surface area contributed by atoms with Crippen LogP contribution in [0.15, 0.2) is 58.3 Å². The van der Waals surface area contributed by atoms with Crippen molar-refractivity contribution in [3.05, 3.63) is 54.3 Å². The van der Waals surface area contributed by atoms with E-state index in [0.717, 1.165) is 24.3 Å². The Morgan fingerprint density at radius 1 is 0.923 bits per heavy atom. The molecule has 2 rings (SSSR count). The molecule has 142 valence electrons. The summed E-state index contributed by atoms with van der Waals surface area (Å²) in [5.41, 5.74) is 0.179. The summed E-state index contributed by atoms with van der Waals surface area (Å²) < 4.78 is 71.5. The van der Waals surface area contributed by atoms with Gasteiger partial charge in [0.2, 0.25) is 10.0 Å². The minimum absolute atomic E-state index is 0.00909. The molecule has 0 aliphatic heterocycles. The van der Waals surface area contributed by atoms with E-state index in [1.54, 1.807) is 6.92 Å². The third kappa shape index (κ3) is 5.24. The number of benzene rings is 2. The number of ether oxygens (including phenoxy) is 1. The second-order valence-corrected chi connectivity index (χ2v) is 8.96. The molecule has 0 aliphatic rings. The average molecular weight is 402 g/mol. The maximum Gasteiger partial charge on any atom is 0.261 e. The zero-order valence-electron chi connectivity index (χ0n) is 14.1. The lowest BCUT2D eigenvalue weighted by Gasteiger charge is -2.14. The first-order valence-corrected chi connectivity index (χ1v) is 10.5. The highest BCUT2D eigenvalue weighted by atomic mass is 32.2. The number of hydrogen-bond donors (Lipinski definition) is 2. The number of sulfonamides is 2. The molecule has 2 aromatic rings. The minimum atomic E-state index is -3.90. The molecule has 0 aliphatic carbocycles. The lowest BCUT2D eigenvalue weighted by atomic mass is 10.3. The zero-order valence-corrected chi connectivity index (χ0v) is 15.8. The molecule has 0 aromatic heterocycles. The van der Waals surface area contributed by atoms with Gasteiger partial charge in [-0.1, -0.05) is 0 Å². The number of hydrogen-bond acceptors (Lipinski definition) is 5. The van der Waals surface area contributed by atoms with E-state index in [0.29, 0.717) is 0 Å². The van der Waals surface area contributed by atoms with Gasteiger partial charge in [0.05, 0.1) is 16.4 Å². The molecule has 0 bridgehead atoms. The second kappa shape index (κ2) is 8.12. The lowest BCUT2D eigenvalue weighted by molar-refractivity contribution is 0.180. The predicted molar refractivity (Wildman–Crippen MR) is 95.3 cm³/mol. The predicted octanol–water partition coefficient (Wildman–Crippen LogP) is 1.94.